The van der Waals surface area contributed by atoms with Gasteiger partial charge in [0.15, 0.2) is 5.70 Å². The number of amides is 3. The molecule has 0 spiro atoms. The van der Waals surface area contributed by atoms with Gasteiger partial charge < -0.3 is 33.2 Å². The lowest BCUT2D eigenvalue weighted by molar-refractivity contribution is -0.145. The van der Waals surface area contributed by atoms with Gasteiger partial charge in [-0.25, -0.2) is 19.4 Å². The third-order valence-corrected chi connectivity index (χ3v) is 9.33. The summed E-state index contributed by atoms with van der Waals surface area (Å²) < 4.78 is 28.6. The minimum absolute atomic E-state index is 0.0180. The Bertz CT molecular complexity index is 1900. The molecule has 7 rings (SSSR count). The Morgan fingerprint density at radius 1 is 0.818 bits per heavy atom. The van der Waals surface area contributed by atoms with Gasteiger partial charge in [-0.1, -0.05) is 18.2 Å². The number of carbonyl (C=O) groups excluding carboxylic acids is 4. The van der Waals surface area contributed by atoms with Crippen LogP contribution in [0.4, 0.5) is 14.4 Å². The van der Waals surface area contributed by atoms with Crippen LogP contribution in [0.25, 0.3) is 17.2 Å². The van der Waals surface area contributed by atoms with Crippen LogP contribution >= 0.6 is 0 Å². The predicted molar refractivity (Wildman–Crippen MR) is 201 cm³/mol. The fourth-order valence-electron chi connectivity index (χ4n) is 6.93. The summed E-state index contributed by atoms with van der Waals surface area (Å²) in [5.41, 5.74) is -0.108. The van der Waals surface area contributed by atoms with Gasteiger partial charge in [0.05, 0.1) is 18.2 Å². The van der Waals surface area contributed by atoms with Gasteiger partial charge in [0.2, 0.25) is 5.89 Å². The first-order chi connectivity index (χ1) is 25.6. The number of aromatic nitrogens is 2. The lowest BCUT2D eigenvalue weighted by Crippen LogP contribution is -2.44. The highest BCUT2D eigenvalue weighted by molar-refractivity contribution is 6.00. The maximum atomic E-state index is 14.0. The molecule has 1 aromatic heterocycles. The van der Waals surface area contributed by atoms with Gasteiger partial charge in [0, 0.05) is 38.2 Å². The number of rotatable bonds is 7. The zero-order chi connectivity index (χ0) is 40.2. The average Bonchev–Trinajstić information content (AvgIpc) is 3.33. The Hall–Kier alpha value is -5.21. The number of nitrogens with zero attached hydrogens (tertiary/aromatic N) is 6. The van der Waals surface area contributed by atoms with Crippen molar-refractivity contribution in [1.29, 1.82) is 0 Å². The summed E-state index contributed by atoms with van der Waals surface area (Å²) in [7, 11) is 1.67. The van der Waals surface area contributed by atoms with Gasteiger partial charge in [-0.05, 0) is 111 Å². The van der Waals surface area contributed by atoms with E-state index in [1.54, 1.807) is 67.6 Å². The molecule has 2 aliphatic carbocycles. The van der Waals surface area contributed by atoms with Gasteiger partial charge in [-0.15, -0.1) is 10.2 Å². The summed E-state index contributed by atoms with van der Waals surface area (Å²) in [5.74, 6) is 0.778. The molecular weight excluding hydrogens is 708 g/mol. The Morgan fingerprint density at radius 2 is 1.35 bits per heavy atom. The van der Waals surface area contributed by atoms with Crippen molar-refractivity contribution in [1.82, 2.24) is 24.9 Å². The Morgan fingerprint density at radius 3 is 1.87 bits per heavy atom. The monoisotopic (exact) mass is 760 g/mol. The number of imide groups is 1. The molecule has 2 fully saturated rings. The molecule has 0 N–H and O–H groups in total. The van der Waals surface area contributed by atoms with Crippen LogP contribution in [0.5, 0.6) is 0 Å². The fourth-order valence-corrected chi connectivity index (χ4v) is 6.93. The number of esters is 1. The maximum Gasteiger partial charge on any atom is 0.424 e. The molecule has 55 heavy (non-hydrogen) atoms. The molecule has 1 aromatic carbocycles. The quantitative estimate of drug-likeness (QED) is 0.209. The number of ether oxygens (including phenoxy) is 4. The molecule has 296 valence electrons. The molecule has 4 heterocycles. The largest absolute Gasteiger partial charge is 0.466 e. The van der Waals surface area contributed by atoms with Crippen LogP contribution in [-0.2, 0) is 30.3 Å². The van der Waals surface area contributed by atoms with Crippen molar-refractivity contribution < 1.29 is 42.5 Å². The second-order valence-electron chi connectivity index (χ2n) is 17.4. The minimum Gasteiger partial charge on any atom is -0.466 e. The minimum atomic E-state index is -0.941. The molecule has 5 aliphatic rings. The molecular formula is C40H52N6O9. The predicted octanol–water partition coefficient (Wildman–Crippen LogP) is 7.04. The molecule has 1 saturated heterocycles. The first kappa shape index (κ1) is 39.5. The molecule has 15 heteroatoms. The number of carbonyl (C=O) groups is 4. The summed E-state index contributed by atoms with van der Waals surface area (Å²) in [6.07, 6.45) is 0.134. The lowest BCUT2D eigenvalue weighted by Gasteiger charge is -2.34. The number of allylic oxidation sites excluding steroid dienone is 1. The van der Waals surface area contributed by atoms with E-state index >= 15 is 0 Å². The topological polar surface area (TPSA) is 166 Å². The average molecular weight is 761 g/mol. The van der Waals surface area contributed by atoms with Crippen LogP contribution in [0.3, 0.4) is 0 Å². The Labute approximate surface area is 321 Å². The number of hydrogen-bond donors (Lipinski definition) is 0. The van der Waals surface area contributed by atoms with E-state index in [4.69, 9.17) is 28.4 Å². The van der Waals surface area contributed by atoms with Gasteiger partial charge in [0.25, 0.3) is 5.89 Å². The lowest BCUT2D eigenvalue weighted by atomic mass is 9.83. The number of amidine groups is 1. The van der Waals surface area contributed by atoms with Crippen LogP contribution in [0.2, 0.25) is 0 Å². The first-order valence-corrected chi connectivity index (χ1v) is 18.7. The number of likely N-dealkylation sites (tertiary alicyclic amines) is 1. The Balaban J connectivity index is 1.37. The van der Waals surface area contributed by atoms with Crippen molar-refractivity contribution in [2.75, 3.05) is 26.7 Å². The van der Waals surface area contributed by atoms with E-state index in [0.29, 0.717) is 43.8 Å². The SMILES string of the molecule is CCOC(=O)C1[C@H]2CN(C3=NC(c4nnc(-c5ccc(CN(C)C(=O)OC(C)(C)C)cc5)o4)=C(N(C(=O)OC(C)(C)C)C(=O)OC(C)(C)C)C4=CC3C4)C[C@@H]12. The summed E-state index contributed by atoms with van der Waals surface area (Å²) in [6.45, 7) is 19.4. The van der Waals surface area contributed by atoms with Crippen molar-refractivity contribution in [3.05, 3.63) is 53.1 Å². The van der Waals surface area contributed by atoms with Crippen molar-refractivity contribution in [2.45, 2.75) is 99.0 Å². The molecule has 2 aromatic rings. The standard InChI is InChI=1S/C40H52N6O9/c1-12-51-34(47)28-26-20-45(21-27(26)28)31-25-17-24(18-25)30(46(36(49)54-39(5,6)7)37(50)55-40(8,9)10)29(41-31)33-43-42-32(52-33)23-15-13-22(14-16-23)19-44(11)35(48)53-38(2,3)4/h13-17,25-28H,12,18-21H2,1-11H3/t25?,26-,27+,28?. The Kier molecular flexibility index (Phi) is 10.4. The highest BCUT2D eigenvalue weighted by Gasteiger charge is 2.61. The van der Waals surface area contributed by atoms with Gasteiger partial charge in [0.1, 0.15) is 22.6 Å². The molecule has 2 bridgehead atoms. The van der Waals surface area contributed by atoms with E-state index in [9.17, 15) is 19.2 Å². The summed E-state index contributed by atoms with van der Waals surface area (Å²) in [4.78, 5) is 62.6. The summed E-state index contributed by atoms with van der Waals surface area (Å²) in [6, 6.07) is 7.30. The van der Waals surface area contributed by atoms with Crippen LogP contribution in [0.15, 0.2) is 51.0 Å². The number of hydrogen-bond acceptors (Lipinski definition) is 13. The fraction of sp³-hybridized carbons (Fsp3) is 0.575. The van der Waals surface area contributed by atoms with Crippen LogP contribution in [0.1, 0.15) is 87.1 Å². The number of piperidine rings is 1. The third kappa shape index (κ3) is 8.86. The van der Waals surface area contributed by atoms with E-state index in [1.807, 2.05) is 39.0 Å². The highest BCUT2D eigenvalue weighted by Crippen LogP contribution is 2.54. The maximum absolute atomic E-state index is 14.0. The van der Waals surface area contributed by atoms with E-state index in [-0.39, 0.29) is 52.8 Å². The normalized spacial score (nSPS) is 21.7. The molecule has 3 amide bonds. The molecule has 1 saturated carbocycles. The summed E-state index contributed by atoms with van der Waals surface area (Å²) >= 11 is 0. The van der Waals surface area contributed by atoms with Crippen molar-refractivity contribution in [3.8, 4) is 11.5 Å². The van der Waals surface area contributed by atoms with Crippen molar-refractivity contribution in [2.24, 2.45) is 28.7 Å². The van der Waals surface area contributed by atoms with E-state index < -0.39 is 35.1 Å². The van der Waals surface area contributed by atoms with Gasteiger partial charge in [-0.3, -0.25) is 4.79 Å². The first-order valence-electron chi connectivity index (χ1n) is 18.7. The zero-order valence-electron chi connectivity index (χ0n) is 33.6. The van der Waals surface area contributed by atoms with E-state index in [2.05, 4.69) is 15.1 Å². The summed E-state index contributed by atoms with van der Waals surface area (Å²) in [5, 5.41) is 8.73. The third-order valence-electron chi connectivity index (χ3n) is 9.33. The van der Waals surface area contributed by atoms with Crippen LogP contribution in [-0.4, -0.2) is 98.5 Å². The van der Waals surface area contributed by atoms with E-state index in [1.165, 1.54) is 4.90 Å². The zero-order valence-corrected chi connectivity index (χ0v) is 33.6. The molecule has 0 radical (unpaired) electrons. The smallest absolute Gasteiger partial charge is 0.424 e. The van der Waals surface area contributed by atoms with Crippen LogP contribution < -0.4 is 0 Å². The number of fused-ring (bicyclic) bond motifs is 2. The molecule has 3 aliphatic heterocycles. The van der Waals surface area contributed by atoms with Crippen molar-refractivity contribution in [3.63, 3.8) is 0 Å². The molecule has 15 nitrogen and oxygen atoms in total. The number of benzene rings is 1. The molecule has 2 unspecified atom stereocenters. The highest BCUT2D eigenvalue weighted by atomic mass is 16.6. The van der Waals surface area contributed by atoms with E-state index in [0.717, 1.165) is 16.3 Å². The second kappa shape index (κ2) is 14.5. The van der Waals surface area contributed by atoms with Gasteiger partial charge >= 0.3 is 24.2 Å². The second-order valence-corrected chi connectivity index (χ2v) is 17.4. The van der Waals surface area contributed by atoms with Crippen LogP contribution in [0, 0.1) is 23.7 Å². The van der Waals surface area contributed by atoms with Gasteiger partial charge in [-0.2, -0.15) is 4.90 Å². The molecule has 4 atom stereocenters. The number of aliphatic imine (C=N–C) groups is 1. The van der Waals surface area contributed by atoms with Crippen molar-refractivity contribution >= 4 is 35.8 Å².